The van der Waals surface area contributed by atoms with Crippen LogP contribution in [0.2, 0.25) is 0 Å². The Morgan fingerprint density at radius 3 is 1.72 bits per heavy atom. The van der Waals surface area contributed by atoms with Crippen LogP contribution in [-0.4, -0.2) is 15.0 Å². The Labute approximate surface area is 287 Å². The molecule has 0 radical (unpaired) electrons. The first-order valence-electron chi connectivity index (χ1n) is 16.6. The van der Waals surface area contributed by atoms with Crippen LogP contribution in [0.25, 0.3) is 100 Å². The molecule has 0 saturated heterocycles. The van der Waals surface area contributed by atoms with Gasteiger partial charge >= 0.3 is 0 Å². The number of aromatic nitrogens is 3. The van der Waals surface area contributed by atoms with Gasteiger partial charge in [-0.05, 0) is 53.6 Å². The molecule has 0 fully saturated rings. The first kappa shape index (κ1) is 28.2. The van der Waals surface area contributed by atoms with Crippen molar-refractivity contribution >= 4 is 43.9 Å². The quantitative estimate of drug-likeness (QED) is 0.187. The first-order valence-corrected chi connectivity index (χ1v) is 16.6. The van der Waals surface area contributed by atoms with Crippen molar-refractivity contribution in [3.05, 3.63) is 164 Å². The van der Waals surface area contributed by atoms with Crippen LogP contribution in [0.3, 0.4) is 0 Å². The molecule has 0 saturated carbocycles. The molecule has 10 aromatic rings. The van der Waals surface area contributed by atoms with Gasteiger partial charge in [-0.3, -0.25) is 4.98 Å². The minimum atomic E-state index is 0.629. The van der Waals surface area contributed by atoms with Gasteiger partial charge in [-0.25, -0.2) is 9.97 Å². The Kier molecular flexibility index (Phi) is 6.42. The van der Waals surface area contributed by atoms with Gasteiger partial charge in [0.25, 0.3) is 0 Å². The van der Waals surface area contributed by atoms with Crippen LogP contribution in [0.5, 0.6) is 0 Å². The van der Waals surface area contributed by atoms with Gasteiger partial charge in [0, 0.05) is 61.8 Å². The van der Waals surface area contributed by atoms with Crippen molar-refractivity contribution in [3.8, 4) is 56.2 Å². The van der Waals surface area contributed by atoms with E-state index in [0.29, 0.717) is 5.82 Å². The van der Waals surface area contributed by atoms with E-state index >= 15 is 0 Å². The Hall–Kier alpha value is -6.85. The zero-order valence-corrected chi connectivity index (χ0v) is 26.7. The van der Waals surface area contributed by atoms with Crippen LogP contribution in [-0.2, 0) is 0 Å². The van der Waals surface area contributed by atoms with E-state index in [1.54, 1.807) is 0 Å². The summed E-state index contributed by atoms with van der Waals surface area (Å²) in [6.45, 7) is 0. The number of hydrogen-bond acceptors (Lipinski definition) is 5. The maximum Gasteiger partial charge on any atom is 0.161 e. The average molecular weight is 642 g/mol. The fourth-order valence-electron chi connectivity index (χ4n) is 7.04. The highest BCUT2D eigenvalue weighted by molar-refractivity contribution is 6.18. The van der Waals surface area contributed by atoms with Gasteiger partial charge in [-0.1, -0.05) is 109 Å². The lowest BCUT2D eigenvalue weighted by Gasteiger charge is -2.12. The van der Waals surface area contributed by atoms with Gasteiger partial charge in [0.05, 0.1) is 11.4 Å². The molecule has 234 valence electrons. The van der Waals surface area contributed by atoms with Crippen LogP contribution in [0.15, 0.2) is 173 Å². The smallest absolute Gasteiger partial charge is 0.161 e. The lowest BCUT2D eigenvalue weighted by Crippen LogP contribution is -1.97. The van der Waals surface area contributed by atoms with Crippen molar-refractivity contribution in [2.24, 2.45) is 0 Å². The van der Waals surface area contributed by atoms with Gasteiger partial charge in [-0.15, -0.1) is 0 Å². The molecule has 0 aliphatic carbocycles. The Morgan fingerprint density at radius 1 is 0.380 bits per heavy atom. The summed E-state index contributed by atoms with van der Waals surface area (Å²) in [6, 6.07) is 51.8. The lowest BCUT2D eigenvalue weighted by atomic mass is 9.96. The molecule has 5 nitrogen and oxygen atoms in total. The lowest BCUT2D eigenvalue weighted by molar-refractivity contribution is 0.665. The normalized spacial score (nSPS) is 11.6. The van der Waals surface area contributed by atoms with Crippen LogP contribution in [0, 0.1) is 0 Å². The maximum atomic E-state index is 6.71. The summed E-state index contributed by atoms with van der Waals surface area (Å²) in [7, 11) is 0. The molecule has 0 atom stereocenters. The van der Waals surface area contributed by atoms with Crippen molar-refractivity contribution < 1.29 is 8.83 Å². The number of fused-ring (bicyclic) bond motifs is 6. The van der Waals surface area contributed by atoms with E-state index in [0.717, 1.165) is 94.2 Å². The molecule has 50 heavy (non-hydrogen) atoms. The summed E-state index contributed by atoms with van der Waals surface area (Å²) in [5, 5.41) is 4.14. The Bertz CT molecular complexity index is 2850. The van der Waals surface area contributed by atoms with E-state index in [1.807, 2.05) is 79.1 Å². The van der Waals surface area contributed by atoms with Crippen molar-refractivity contribution in [2.45, 2.75) is 0 Å². The van der Waals surface area contributed by atoms with Crippen LogP contribution >= 0.6 is 0 Å². The first-order chi connectivity index (χ1) is 24.8. The van der Waals surface area contributed by atoms with Crippen LogP contribution < -0.4 is 0 Å². The number of hydrogen-bond donors (Lipinski definition) is 0. The summed E-state index contributed by atoms with van der Waals surface area (Å²) in [4.78, 5) is 14.6. The summed E-state index contributed by atoms with van der Waals surface area (Å²) in [5.74, 6) is 0.629. The molecule has 0 N–H and O–H groups in total. The molecule has 5 heteroatoms. The summed E-state index contributed by atoms with van der Waals surface area (Å²) >= 11 is 0. The van der Waals surface area contributed by atoms with E-state index in [2.05, 4.69) is 89.9 Å². The molecule has 0 aliphatic heterocycles. The average Bonchev–Trinajstić information content (AvgIpc) is 3.78. The molecule has 6 aromatic carbocycles. The number of benzene rings is 6. The molecule has 0 amide bonds. The minimum Gasteiger partial charge on any atom is -0.455 e. The number of rotatable bonds is 5. The molecular weight excluding hydrogens is 615 g/mol. The number of pyridine rings is 1. The highest BCUT2D eigenvalue weighted by Crippen LogP contribution is 2.44. The summed E-state index contributed by atoms with van der Waals surface area (Å²) in [6.07, 6.45) is 3.63. The van der Waals surface area contributed by atoms with Gasteiger partial charge < -0.3 is 8.83 Å². The van der Waals surface area contributed by atoms with E-state index in [1.165, 1.54) is 0 Å². The Morgan fingerprint density at radius 2 is 0.940 bits per heavy atom. The predicted molar refractivity (Wildman–Crippen MR) is 202 cm³/mol. The summed E-state index contributed by atoms with van der Waals surface area (Å²) in [5.41, 5.74) is 12.1. The molecule has 0 unspecified atom stereocenters. The summed E-state index contributed by atoms with van der Waals surface area (Å²) < 4.78 is 13.2. The van der Waals surface area contributed by atoms with E-state index in [-0.39, 0.29) is 0 Å². The van der Waals surface area contributed by atoms with Crippen molar-refractivity contribution in [1.82, 2.24) is 15.0 Å². The molecule has 0 spiro atoms. The molecule has 4 heterocycles. The third kappa shape index (κ3) is 4.60. The molecule has 0 bridgehead atoms. The largest absolute Gasteiger partial charge is 0.455 e. The van der Waals surface area contributed by atoms with E-state index < -0.39 is 0 Å². The van der Waals surface area contributed by atoms with Crippen LogP contribution in [0.1, 0.15) is 0 Å². The molecule has 10 rings (SSSR count). The van der Waals surface area contributed by atoms with Crippen LogP contribution in [0.4, 0.5) is 0 Å². The standard InChI is InChI=1S/C45H27N3O2/c1-2-9-30(10-3-1)38-27-39(31-19-17-28(18-20-31)29-23-25-46-26-24-29)48-45(47-38)37-22-21-35(44-42(37)36-12-5-7-16-41(36)50-44)34-14-8-13-33-32-11-4-6-15-40(32)49-43(33)34/h1-27H. The van der Waals surface area contributed by atoms with Gasteiger partial charge in [0.1, 0.15) is 22.3 Å². The van der Waals surface area contributed by atoms with Gasteiger partial charge in [0.15, 0.2) is 5.82 Å². The molecule has 0 aliphatic rings. The highest BCUT2D eigenvalue weighted by atomic mass is 16.3. The number of furan rings is 2. The fourth-order valence-corrected chi connectivity index (χ4v) is 7.04. The van der Waals surface area contributed by atoms with Gasteiger partial charge in [0.2, 0.25) is 0 Å². The Balaban J connectivity index is 1.20. The van der Waals surface area contributed by atoms with Crippen molar-refractivity contribution in [1.29, 1.82) is 0 Å². The zero-order chi connectivity index (χ0) is 33.0. The maximum absolute atomic E-state index is 6.71. The number of nitrogens with zero attached hydrogens (tertiary/aromatic N) is 3. The third-order valence-electron chi connectivity index (χ3n) is 9.45. The third-order valence-corrected chi connectivity index (χ3v) is 9.45. The fraction of sp³-hybridized carbons (Fsp3) is 0. The monoisotopic (exact) mass is 641 g/mol. The molecular formula is C45H27N3O2. The van der Waals surface area contributed by atoms with E-state index in [4.69, 9.17) is 18.8 Å². The SMILES string of the molecule is c1ccc(-c2cc(-c3ccc(-c4ccncc4)cc3)nc(-c3ccc(-c4cccc5c4oc4ccccc45)c4oc5ccccc5c34)n2)cc1. The second kappa shape index (κ2) is 11.4. The van der Waals surface area contributed by atoms with E-state index in [9.17, 15) is 0 Å². The molecule has 4 aromatic heterocycles. The number of para-hydroxylation sites is 3. The topological polar surface area (TPSA) is 65.0 Å². The highest BCUT2D eigenvalue weighted by Gasteiger charge is 2.22. The van der Waals surface area contributed by atoms with Crippen molar-refractivity contribution in [2.75, 3.05) is 0 Å². The van der Waals surface area contributed by atoms with Gasteiger partial charge in [-0.2, -0.15) is 0 Å². The zero-order valence-electron chi connectivity index (χ0n) is 26.7. The van der Waals surface area contributed by atoms with Crippen molar-refractivity contribution in [3.63, 3.8) is 0 Å². The second-order valence-corrected chi connectivity index (χ2v) is 12.4. The minimum absolute atomic E-state index is 0.629. The predicted octanol–water partition coefficient (Wildman–Crippen LogP) is 12.0. The second-order valence-electron chi connectivity index (χ2n) is 12.4.